The minimum Gasteiger partial charge on any atom is -0.283 e. The molecule has 0 atom stereocenters. The van der Waals surface area contributed by atoms with Crippen molar-refractivity contribution in [3.8, 4) is 0 Å². The van der Waals surface area contributed by atoms with Gasteiger partial charge in [0.15, 0.2) is 0 Å². The van der Waals surface area contributed by atoms with E-state index in [1.165, 1.54) is 19.2 Å². The molecule has 0 fully saturated rings. The van der Waals surface area contributed by atoms with Gasteiger partial charge in [-0.3, -0.25) is 9.71 Å². The molecule has 1 aliphatic rings. The smallest absolute Gasteiger partial charge is 0.266 e. The second kappa shape index (κ2) is 2.54. The third-order valence-electron chi connectivity index (χ3n) is 2.17. The fraction of sp³-hybridized carbons (Fsp3) is 0.125. The maximum absolute atomic E-state index is 13.2. The molecular formula is C8H7FN2O2S. The molecule has 1 aliphatic heterocycles. The van der Waals surface area contributed by atoms with E-state index < -0.39 is 15.8 Å². The molecule has 0 unspecified atom stereocenters. The summed E-state index contributed by atoms with van der Waals surface area (Å²) in [6.45, 7) is 0. The maximum atomic E-state index is 13.2. The SMILES string of the molecule is CN1C(=N)c2c(F)cccc2S1(=O)=O. The summed E-state index contributed by atoms with van der Waals surface area (Å²) in [5.74, 6) is -1.00. The monoisotopic (exact) mass is 214 g/mol. The summed E-state index contributed by atoms with van der Waals surface area (Å²) in [4.78, 5) is -0.134. The van der Waals surface area contributed by atoms with Crippen molar-refractivity contribution in [1.29, 1.82) is 5.41 Å². The third-order valence-corrected chi connectivity index (χ3v) is 3.97. The molecule has 0 aliphatic carbocycles. The Morgan fingerprint density at radius 2 is 2.07 bits per heavy atom. The first-order valence-electron chi connectivity index (χ1n) is 3.82. The summed E-state index contributed by atoms with van der Waals surface area (Å²) >= 11 is 0. The highest BCUT2D eigenvalue weighted by Crippen LogP contribution is 2.30. The predicted molar refractivity (Wildman–Crippen MR) is 48.2 cm³/mol. The van der Waals surface area contributed by atoms with Gasteiger partial charge in [-0.1, -0.05) is 6.07 Å². The Morgan fingerprint density at radius 3 is 2.64 bits per heavy atom. The number of fused-ring (bicyclic) bond motifs is 1. The maximum Gasteiger partial charge on any atom is 0.266 e. The number of nitrogens with one attached hydrogen (secondary N) is 1. The lowest BCUT2D eigenvalue weighted by Gasteiger charge is -2.08. The highest BCUT2D eigenvalue weighted by Gasteiger charge is 2.37. The Kier molecular flexibility index (Phi) is 1.66. The molecular weight excluding hydrogens is 207 g/mol. The second-order valence-electron chi connectivity index (χ2n) is 2.93. The van der Waals surface area contributed by atoms with Gasteiger partial charge in [-0.05, 0) is 12.1 Å². The molecule has 0 saturated carbocycles. The van der Waals surface area contributed by atoms with Crippen molar-refractivity contribution < 1.29 is 12.8 Å². The lowest BCUT2D eigenvalue weighted by Crippen LogP contribution is -2.25. The third kappa shape index (κ3) is 0.913. The predicted octanol–water partition coefficient (Wildman–Crippen LogP) is 0.785. The minimum atomic E-state index is -3.69. The number of hydrogen-bond donors (Lipinski definition) is 1. The van der Waals surface area contributed by atoms with E-state index in [-0.39, 0.29) is 16.3 Å². The lowest BCUT2D eigenvalue weighted by atomic mass is 10.2. The lowest BCUT2D eigenvalue weighted by molar-refractivity contribution is 0.559. The molecule has 1 N–H and O–H groups in total. The number of hydrogen-bond acceptors (Lipinski definition) is 3. The number of benzene rings is 1. The van der Waals surface area contributed by atoms with Gasteiger partial charge in [-0.15, -0.1) is 0 Å². The number of nitrogens with zero attached hydrogens (tertiary/aromatic N) is 1. The Hall–Kier alpha value is -1.43. The van der Waals surface area contributed by atoms with Crippen LogP contribution in [-0.2, 0) is 10.0 Å². The first-order valence-corrected chi connectivity index (χ1v) is 5.26. The summed E-state index contributed by atoms with van der Waals surface area (Å²) in [5.41, 5.74) is -0.144. The van der Waals surface area contributed by atoms with Gasteiger partial charge >= 0.3 is 0 Å². The van der Waals surface area contributed by atoms with Crippen LogP contribution >= 0.6 is 0 Å². The Labute approximate surface area is 80.5 Å². The first kappa shape index (κ1) is 9.14. The van der Waals surface area contributed by atoms with Gasteiger partial charge in [0, 0.05) is 7.05 Å². The number of amidine groups is 1. The molecule has 4 nitrogen and oxygen atoms in total. The van der Waals surface area contributed by atoms with Gasteiger partial charge in [-0.25, -0.2) is 12.8 Å². The summed E-state index contributed by atoms with van der Waals surface area (Å²) in [6.07, 6.45) is 0. The van der Waals surface area contributed by atoms with Gasteiger partial charge in [0.05, 0.1) is 5.56 Å². The molecule has 0 saturated heterocycles. The van der Waals surface area contributed by atoms with Crippen molar-refractivity contribution >= 4 is 15.9 Å². The molecule has 0 aromatic heterocycles. The van der Waals surface area contributed by atoms with E-state index in [2.05, 4.69) is 0 Å². The van der Waals surface area contributed by atoms with E-state index in [1.54, 1.807) is 0 Å². The van der Waals surface area contributed by atoms with Gasteiger partial charge in [-0.2, -0.15) is 0 Å². The van der Waals surface area contributed by atoms with Crippen LogP contribution in [0.25, 0.3) is 0 Å². The molecule has 0 radical (unpaired) electrons. The Balaban J connectivity index is 2.88. The zero-order valence-corrected chi connectivity index (χ0v) is 8.10. The van der Waals surface area contributed by atoms with Crippen LogP contribution in [-0.4, -0.2) is 25.6 Å². The zero-order valence-electron chi connectivity index (χ0n) is 7.28. The highest BCUT2D eigenvalue weighted by atomic mass is 32.2. The van der Waals surface area contributed by atoms with Gasteiger partial charge in [0.25, 0.3) is 10.0 Å². The van der Waals surface area contributed by atoms with Crippen molar-refractivity contribution in [3.05, 3.63) is 29.6 Å². The second-order valence-corrected chi connectivity index (χ2v) is 4.87. The molecule has 0 amide bonds. The van der Waals surface area contributed by atoms with E-state index in [1.807, 2.05) is 0 Å². The van der Waals surface area contributed by atoms with Crippen molar-refractivity contribution in [2.24, 2.45) is 0 Å². The van der Waals surface area contributed by atoms with E-state index >= 15 is 0 Å². The molecule has 1 aromatic rings. The van der Waals surface area contributed by atoms with Crippen LogP contribution in [0, 0.1) is 11.2 Å². The normalized spacial score (nSPS) is 18.4. The highest BCUT2D eigenvalue weighted by molar-refractivity contribution is 7.90. The van der Waals surface area contributed by atoms with Crippen LogP contribution in [0.1, 0.15) is 5.56 Å². The van der Waals surface area contributed by atoms with E-state index in [0.29, 0.717) is 0 Å². The van der Waals surface area contributed by atoms with Crippen molar-refractivity contribution in [3.63, 3.8) is 0 Å². The molecule has 2 rings (SSSR count). The van der Waals surface area contributed by atoms with E-state index in [4.69, 9.17) is 5.41 Å². The van der Waals surface area contributed by atoms with Crippen molar-refractivity contribution in [2.75, 3.05) is 7.05 Å². The van der Waals surface area contributed by atoms with Crippen LogP contribution in [0.4, 0.5) is 4.39 Å². The summed E-state index contributed by atoms with van der Waals surface area (Å²) in [7, 11) is -2.45. The minimum absolute atomic E-state index is 0.134. The van der Waals surface area contributed by atoms with Crippen LogP contribution < -0.4 is 0 Å². The summed E-state index contributed by atoms with van der Waals surface area (Å²) < 4.78 is 37.1. The Bertz CT molecular complexity index is 524. The first-order chi connectivity index (χ1) is 6.46. The summed E-state index contributed by atoms with van der Waals surface area (Å²) in [5, 5.41) is 7.44. The van der Waals surface area contributed by atoms with Crippen LogP contribution in [0.5, 0.6) is 0 Å². The molecule has 0 spiro atoms. The average Bonchev–Trinajstić information content (AvgIpc) is 2.30. The molecule has 14 heavy (non-hydrogen) atoms. The molecule has 0 bridgehead atoms. The largest absolute Gasteiger partial charge is 0.283 e. The molecule has 74 valence electrons. The zero-order chi connectivity index (χ0) is 10.5. The topological polar surface area (TPSA) is 61.2 Å². The Morgan fingerprint density at radius 1 is 1.43 bits per heavy atom. The summed E-state index contributed by atoms with van der Waals surface area (Å²) in [6, 6.07) is 3.76. The molecule has 1 heterocycles. The van der Waals surface area contributed by atoms with Gasteiger partial charge in [0.1, 0.15) is 16.5 Å². The van der Waals surface area contributed by atoms with Crippen LogP contribution in [0.3, 0.4) is 0 Å². The van der Waals surface area contributed by atoms with Gasteiger partial charge < -0.3 is 0 Å². The van der Waals surface area contributed by atoms with Crippen molar-refractivity contribution in [2.45, 2.75) is 4.90 Å². The number of halogens is 1. The molecule has 6 heteroatoms. The van der Waals surface area contributed by atoms with Crippen LogP contribution in [0.15, 0.2) is 23.1 Å². The van der Waals surface area contributed by atoms with E-state index in [9.17, 15) is 12.8 Å². The number of sulfonamides is 1. The van der Waals surface area contributed by atoms with Crippen LogP contribution in [0.2, 0.25) is 0 Å². The fourth-order valence-corrected chi connectivity index (χ4v) is 2.70. The fourth-order valence-electron chi connectivity index (χ4n) is 1.37. The van der Waals surface area contributed by atoms with E-state index in [0.717, 1.165) is 10.4 Å². The number of rotatable bonds is 0. The van der Waals surface area contributed by atoms with Gasteiger partial charge in [0.2, 0.25) is 0 Å². The van der Waals surface area contributed by atoms with Crippen molar-refractivity contribution in [1.82, 2.24) is 4.31 Å². The molecule has 1 aromatic carbocycles. The standard InChI is InChI=1S/C8H7FN2O2S/c1-11-8(10)7-5(9)3-2-4-6(7)14(11,12)13/h2-4,10H,1H3. The average molecular weight is 214 g/mol. The quantitative estimate of drug-likeness (QED) is 0.693.